The molecule has 0 spiro atoms. The van der Waals surface area contributed by atoms with Gasteiger partial charge in [0.05, 0.1) is 18.6 Å². The zero-order valence-corrected chi connectivity index (χ0v) is 15.5. The summed E-state index contributed by atoms with van der Waals surface area (Å²) in [6.07, 6.45) is -1.05. The molecule has 25 heavy (non-hydrogen) atoms. The summed E-state index contributed by atoms with van der Waals surface area (Å²) in [5.74, 6) is 0.579. The van der Waals surface area contributed by atoms with Gasteiger partial charge in [-0.15, -0.1) is 0 Å². The monoisotopic (exact) mass is 379 g/mol. The van der Waals surface area contributed by atoms with Gasteiger partial charge in [-0.3, -0.25) is 4.79 Å². The van der Waals surface area contributed by atoms with E-state index < -0.39 is 6.10 Å². The summed E-state index contributed by atoms with van der Waals surface area (Å²) in [5, 5.41) is 14.0. The van der Waals surface area contributed by atoms with Crippen molar-refractivity contribution in [2.24, 2.45) is 0 Å². The molecular formula is C19H19Cl2NO3. The van der Waals surface area contributed by atoms with Crippen molar-refractivity contribution in [3.05, 3.63) is 62.6 Å². The Balaban J connectivity index is 1.67. The van der Waals surface area contributed by atoms with Crippen molar-refractivity contribution in [1.82, 2.24) is 5.32 Å². The number of aliphatic hydroxyl groups excluding tert-OH is 1. The Kier molecular flexibility index (Phi) is 5.23. The Hall–Kier alpha value is -1.75. The standard InChI is InChI=1S/C19H19Cl2NO3/c1-10-3-4-15-16(9-25-19(15)11(10)2)22-18(24)8-17(23)12-5-13(20)7-14(21)6-12/h3-7,16-17,23H,8-9H2,1-2H3,(H,22,24). The highest BCUT2D eigenvalue weighted by atomic mass is 35.5. The van der Waals surface area contributed by atoms with Gasteiger partial charge in [0.1, 0.15) is 12.4 Å². The van der Waals surface area contributed by atoms with Gasteiger partial charge in [-0.2, -0.15) is 0 Å². The van der Waals surface area contributed by atoms with Gasteiger partial charge >= 0.3 is 0 Å². The minimum Gasteiger partial charge on any atom is -0.490 e. The van der Waals surface area contributed by atoms with E-state index in [1.807, 2.05) is 26.0 Å². The summed E-state index contributed by atoms with van der Waals surface area (Å²) >= 11 is 11.9. The molecule has 2 aromatic rings. The highest BCUT2D eigenvalue weighted by Crippen LogP contribution is 2.36. The summed E-state index contributed by atoms with van der Waals surface area (Å²) in [7, 11) is 0. The maximum Gasteiger partial charge on any atom is 0.223 e. The van der Waals surface area contributed by atoms with Crippen LogP contribution in [0.25, 0.3) is 0 Å². The zero-order valence-electron chi connectivity index (χ0n) is 14.0. The molecule has 0 fully saturated rings. The van der Waals surface area contributed by atoms with Gasteiger partial charge in [-0.25, -0.2) is 0 Å². The lowest BCUT2D eigenvalue weighted by atomic mass is 10.0. The van der Waals surface area contributed by atoms with Crippen LogP contribution in [0.1, 0.15) is 40.8 Å². The number of amides is 1. The van der Waals surface area contributed by atoms with Crippen molar-refractivity contribution in [3.63, 3.8) is 0 Å². The van der Waals surface area contributed by atoms with E-state index in [1.165, 1.54) is 0 Å². The Labute approximate surface area is 156 Å². The number of carbonyl (C=O) groups is 1. The number of fused-ring (bicyclic) bond motifs is 1. The second-order valence-corrected chi connectivity index (χ2v) is 7.15. The van der Waals surface area contributed by atoms with Crippen molar-refractivity contribution >= 4 is 29.1 Å². The molecule has 4 nitrogen and oxygen atoms in total. The molecule has 132 valence electrons. The van der Waals surface area contributed by atoms with E-state index in [9.17, 15) is 9.90 Å². The molecule has 0 saturated heterocycles. The van der Waals surface area contributed by atoms with Crippen LogP contribution >= 0.6 is 23.2 Å². The van der Waals surface area contributed by atoms with Gasteiger partial charge in [-0.1, -0.05) is 35.3 Å². The molecule has 2 unspecified atom stereocenters. The minimum absolute atomic E-state index is 0.0760. The highest BCUT2D eigenvalue weighted by molar-refractivity contribution is 6.34. The average molecular weight is 380 g/mol. The lowest BCUT2D eigenvalue weighted by Gasteiger charge is -2.15. The average Bonchev–Trinajstić information content (AvgIpc) is 2.93. The third-order valence-electron chi connectivity index (χ3n) is 4.46. The number of carbonyl (C=O) groups excluding carboxylic acids is 1. The molecule has 3 rings (SSSR count). The number of ether oxygens (including phenoxy) is 1. The van der Waals surface area contributed by atoms with Gasteiger partial charge < -0.3 is 15.2 Å². The normalized spacial score (nSPS) is 16.9. The van der Waals surface area contributed by atoms with Crippen LogP contribution in [-0.2, 0) is 4.79 Å². The van der Waals surface area contributed by atoms with Crippen LogP contribution in [-0.4, -0.2) is 17.6 Å². The lowest BCUT2D eigenvalue weighted by molar-refractivity contribution is -0.123. The summed E-state index contributed by atoms with van der Waals surface area (Å²) < 4.78 is 5.73. The second-order valence-electron chi connectivity index (χ2n) is 6.28. The summed E-state index contributed by atoms with van der Waals surface area (Å²) in [5.41, 5.74) is 3.72. The van der Waals surface area contributed by atoms with Crippen LogP contribution in [0.4, 0.5) is 0 Å². The molecular weight excluding hydrogens is 361 g/mol. The van der Waals surface area contributed by atoms with Gasteiger partial charge in [0, 0.05) is 15.6 Å². The molecule has 2 N–H and O–H groups in total. The van der Waals surface area contributed by atoms with E-state index in [0.717, 1.165) is 22.4 Å². The smallest absolute Gasteiger partial charge is 0.223 e. The lowest BCUT2D eigenvalue weighted by Crippen LogP contribution is -2.30. The predicted octanol–water partition coefficient (Wildman–Crippen LogP) is 4.28. The Bertz CT molecular complexity index is 802. The Morgan fingerprint density at radius 1 is 1.28 bits per heavy atom. The van der Waals surface area contributed by atoms with E-state index in [2.05, 4.69) is 5.32 Å². The van der Waals surface area contributed by atoms with Crippen molar-refractivity contribution in [2.75, 3.05) is 6.61 Å². The molecule has 2 atom stereocenters. The van der Waals surface area contributed by atoms with Crippen molar-refractivity contribution < 1.29 is 14.6 Å². The van der Waals surface area contributed by atoms with Crippen LogP contribution < -0.4 is 10.1 Å². The molecule has 0 saturated carbocycles. The fourth-order valence-corrected chi connectivity index (χ4v) is 3.51. The first-order valence-electron chi connectivity index (χ1n) is 8.01. The first-order valence-corrected chi connectivity index (χ1v) is 8.77. The molecule has 2 aromatic carbocycles. The topological polar surface area (TPSA) is 58.6 Å². The first kappa shape index (κ1) is 18.1. The number of aryl methyl sites for hydroxylation is 1. The van der Waals surface area contributed by atoms with Crippen LogP contribution in [0.3, 0.4) is 0 Å². The Morgan fingerprint density at radius 3 is 2.64 bits per heavy atom. The molecule has 1 aliphatic rings. The summed E-state index contributed by atoms with van der Waals surface area (Å²) in [6.45, 7) is 4.42. The number of benzene rings is 2. The SMILES string of the molecule is Cc1ccc2c(c1C)OCC2NC(=O)CC(O)c1cc(Cl)cc(Cl)c1. The van der Waals surface area contributed by atoms with E-state index in [0.29, 0.717) is 22.2 Å². The molecule has 1 heterocycles. The predicted molar refractivity (Wildman–Crippen MR) is 98.3 cm³/mol. The molecule has 1 amide bonds. The van der Waals surface area contributed by atoms with Crippen LogP contribution in [0.15, 0.2) is 30.3 Å². The molecule has 0 aromatic heterocycles. The van der Waals surface area contributed by atoms with Gasteiger partial charge in [0.2, 0.25) is 5.91 Å². The fourth-order valence-electron chi connectivity index (χ4n) is 2.97. The minimum atomic E-state index is -0.974. The number of rotatable bonds is 4. The number of halogens is 2. The van der Waals surface area contributed by atoms with E-state index in [1.54, 1.807) is 18.2 Å². The van der Waals surface area contributed by atoms with Gasteiger partial charge in [0.25, 0.3) is 0 Å². The van der Waals surface area contributed by atoms with Crippen LogP contribution in [0.5, 0.6) is 5.75 Å². The molecule has 6 heteroatoms. The quantitative estimate of drug-likeness (QED) is 0.832. The first-order chi connectivity index (χ1) is 11.8. The number of hydrogen-bond donors (Lipinski definition) is 2. The number of nitrogens with one attached hydrogen (secondary N) is 1. The van der Waals surface area contributed by atoms with E-state index in [-0.39, 0.29) is 18.4 Å². The van der Waals surface area contributed by atoms with Crippen molar-refractivity contribution in [1.29, 1.82) is 0 Å². The van der Waals surface area contributed by atoms with Gasteiger partial charge in [-0.05, 0) is 48.7 Å². The van der Waals surface area contributed by atoms with Crippen molar-refractivity contribution in [2.45, 2.75) is 32.4 Å². The second kappa shape index (κ2) is 7.24. The largest absolute Gasteiger partial charge is 0.490 e. The third-order valence-corrected chi connectivity index (χ3v) is 4.90. The Morgan fingerprint density at radius 2 is 1.96 bits per heavy atom. The van der Waals surface area contributed by atoms with Crippen molar-refractivity contribution in [3.8, 4) is 5.75 Å². The maximum atomic E-state index is 12.3. The number of aliphatic hydroxyl groups is 1. The zero-order chi connectivity index (χ0) is 18.1. The molecule has 0 bridgehead atoms. The number of hydrogen-bond acceptors (Lipinski definition) is 3. The summed E-state index contributed by atoms with van der Waals surface area (Å²) in [6, 6.07) is 8.57. The third kappa shape index (κ3) is 3.92. The fraction of sp³-hybridized carbons (Fsp3) is 0.316. The van der Waals surface area contributed by atoms with Gasteiger partial charge in [0.15, 0.2) is 0 Å². The molecule has 1 aliphatic heterocycles. The molecule has 0 radical (unpaired) electrons. The maximum absolute atomic E-state index is 12.3. The van der Waals surface area contributed by atoms with Crippen LogP contribution in [0, 0.1) is 13.8 Å². The summed E-state index contributed by atoms with van der Waals surface area (Å²) in [4.78, 5) is 12.3. The highest BCUT2D eigenvalue weighted by Gasteiger charge is 2.28. The molecule has 0 aliphatic carbocycles. The van der Waals surface area contributed by atoms with E-state index in [4.69, 9.17) is 27.9 Å². The van der Waals surface area contributed by atoms with Crippen LogP contribution in [0.2, 0.25) is 10.0 Å². The van der Waals surface area contributed by atoms with E-state index >= 15 is 0 Å².